The summed E-state index contributed by atoms with van der Waals surface area (Å²) in [6, 6.07) is 11.5. The van der Waals surface area contributed by atoms with Crippen LogP contribution in [0.1, 0.15) is 5.56 Å². The maximum absolute atomic E-state index is 11.3. The van der Waals surface area contributed by atoms with E-state index in [0.29, 0.717) is 26.4 Å². The summed E-state index contributed by atoms with van der Waals surface area (Å²) in [5.41, 5.74) is 0.682. The Labute approximate surface area is 137 Å². The van der Waals surface area contributed by atoms with Crippen LogP contribution < -0.4 is 4.74 Å². The Balaban J connectivity index is 2.17. The van der Waals surface area contributed by atoms with Crippen molar-refractivity contribution in [2.24, 2.45) is 0 Å². The molecule has 3 nitrogen and oxygen atoms in total. The number of carbonyl (C=O) groups is 1. The van der Waals surface area contributed by atoms with Crippen molar-refractivity contribution in [2.45, 2.75) is 12.5 Å². The lowest BCUT2D eigenvalue weighted by Crippen LogP contribution is -2.29. The van der Waals surface area contributed by atoms with Gasteiger partial charge in [0.1, 0.15) is 5.75 Å². The van der Waals surface area contributed by atoms with Gasteiger partial charge in [0.2, 0.25) is 0 Å². The van der Waals surface area contributed by atoms with Crippen LogP contribution in [-0.2, 0) is 11.2 Å². The highest BCUT2D eigenvalue weighted by Crippen LogP contribution is 2.23. The van der Waals surface area contributed by atoms with Crippen LogP contribution in [-0.4, -0.2) is 17.2 Å². The summed E-state index contributed by atoms with van der Waals surface area (Å²) in [4.78, 5) is 11.3. The van der Waals surface area contributed by atoms with E-state index in [1.165, 1.54) is 0 Å². The van der Waals surface area contributed by atoms with Crippen molar-refractivity contribution in [3.63, 3.8) is 0 Å². The molecule has 0 heterocycles. The molecule has 1 N–H and O–H groups in total. The first-order valence-electron chi connectivity index (χ1n) is 6.04. The molecular weight excluding hydrogens is 335 g/mol. The van der Waals surface area contributed by atoms with Crippen LogP contribution in [0.3, 0.4) is 0 Å². The molecule has 0 spiro atoms. The summed E-state index contributed by atoms with van der Waals surface area (Å²) in [6.45, 7) is 0. The van der Waals surface area contributed by atoms with Crippen molar-refractivity contribution >= 4 is 40.8 Å². The van der Waals surface area contributed by atoms with Crippen LogP contribution in [0.4, 0.5) is 0 Å². The molecule has 21 heavy (non-hydrogen) atoms. The van der Waals surface area contributed by atoms with Crippen molar-refractivity contribution in [1.29, 1.82) is 0 Å². The predicted octanol–water partition coefficient (Wildman–Crippen LogP) is 4.72. The Morgan fingerprint density at radius 2 is 1.71 bits per heavy atom. The number of carboxylic acids is 1. The van der Waals surface area contributed by atoms with E-state index in [1.807, 2.05) is 0 Å². The quantitative estimate of drug-likeness (QED) is 0.852. The zero-order chi connectivity index (χ0) is 15.4. The molecule has 2 rings (SSSR count). The lowest BCUT2D eigenvalue weighted by Gasteiger charge is -2.15. The highest BCUT2D eigenvalue weighted by molar-refractivity contribution is 6.34. The first-order chi connectivity index (χ1) is 9.94. The monoisotopic (exact) mass is 344 g/mol. The van der Waals surface area contributed by atoms with Crippen molar-refractivity contribution < 1.29 is 14.6 Å². The number of hydrogen-bond acceptors (Lipinski definition) is 2. The van der Waals surface area contributed by atoms with Crippen LogP contribution >= 0.6 is 34.8 Å². The van der Waals surface area contributed by atoms with E-state index in [2.05, 4.69) is 0 Å². The number of rotatable bonds is 5. The van der Waals surface area contributed by atoms with Gasteiger partial charge in [0.05, 0.1) is 0 Å². The van der Waals surface area contributed by atoms with E-state index in [9.17, 15) is 9.90 Å². The van der Waals surface area contributed by atoms with Crippen molar-refractivity contribution in [3.8, 4) is 5.75 Å². The summed E-state index contributed by atoms with van der Waals surface area (Å²) < 4.78 is 5.47. The van der Waals surface area contributed by atoms with Crippen molar-refractivity contribution in [3.05, 3.63) is 63.1 Å². The van der Waals surface area contributed by atoms with Gasteiger partial charge in [-0.05, 0) is 42.0 Å². The lowest BCUT2D eigenvalue weighted by molar-refractivity contribution is -0.145. The van der Waals surface area contributed by atoms with Gasteiger partial charge in [0.15, 0.2) is 6.10 Å². The Kier molecular flexibility index (Phi) is 5.34. The van der Waals surface area contributed by atoms with E-state index in [4.69, 9.17) is 39.5 Å². The fourth-order valence-corrected chi connectivity index (χ4v) is 2.58. The summed E-state index contributed by atoms with van der Waals surface area (Å²) >= 11 is 17.7. The van der Waals surface area contributed by atoms with Gasteiger partial charge in [-0.3, -0.25) is 0 Å². The van der Waals surface area contributed by atoms with Crippen molar-refractivity contribution in [1.82, 2.24) is 0 Å². The second-order valence-electron chi connectivity index (χ2n) is 4.38. The van der Waals surface area contributed by atoms with Gasteiger partial charge in [-0.25, -0.2) is 4.79 Å². The second kappa shape index (κ2) is 7.03. The molecule has 0 aromatic heterocycles. The summed E-state index contributed by atoms with van der Waals surface area (Å²) in [7, 11) is 0. The minimum atomic E-state index is -1.08. The summed E-state index contributed by atoms with van der Waals surface area (Å²) in [5.74, 6) is -0.686. The third kappa shape index (κ3) is 4.81. The molecule has 1 unspecified atom stereocenters. The summed E-state index contributed by atoms with van der Waals surface area (Å²) in [5, 5.41) is 10.7. The maximum atomic E-state index is 11.3. The van der Waals surface area contributed by atoms with Crippen LogP contribution in [0.2, 0.25) is 15.1 Å². The van der Waals surface area contributed by atoms with Crippen LogP contribution in [0.25, 0.3) is 0 Å². The number of benzene rings is 2. The molecule has 6 heteroatoms. The van der Waals surface area contributed by atoms with Crippen LogP contribution in [0.5, 0.6) is 5.75 Å². The first kappa shape index (κ1) is 16.0. The molecule has 1 atom stereocenters. The van der Waals surface area contributed by atoms with E-state index in [-0.39, 0.29) is 6.42 Å². The van der Waals surface area contributed by atoms with Gasteiger partial charge < -0.3 is 9.84 Å². The Bertz CT molecular complexity index is 638. The van der Waals surface area contributed by atoms with E-state index >= 15 is 0 Å². The van der Waals surface area contributed by atoms with E-state index in [0.717, 1.165) is 0 Å². The first-order valence-corrected chi connectivity index (χ1v) is 7.17. The molecule has 0 radical (unpaired) electrons. The van der Waals surface area contributed by atoms with Gasteiger partial charge >= 0.3 is 5.97 Å². The molecule has 0 saturated carbocycles. The largest absolute Gasteiger partial charge is 0.478 e. The Morgan fingerprint density at radius 3 is 2.29 bits per heavy atom. The second-order valence-corrected chi connectivity index (χ2v) is 5.69. The molecule has 0 aliphatic rings. The minimum Gasteiger partial charge on any atom is -0.478 e. The fraction of sp³-hybridized carbons (Fsp3) is 0.133. The molecule has 0 aliphatic heterocycles. The number of aliphatic carboxylic acids is 1. The molecule has 0 aliphatic carbocycles. The Hall–Kier alpha value is -1.42. The Morgan fingerprint density at radius 1 is 1.05 bits per heavy atom. The smallest absolute Gasteiger partial charge is 0.345 e. The maximum Gasteiger partial charge on any atom is 0.345 e. The van der Waals surface area contributed by atoms with Crippen LogP contribution in [0, 0.1) is 0 Å². The molecule has 0 fully saturated rings. The highest BCUT2D eigenvalue weighted by atomic mass is 35.5. The average Bonchev–Trinajstić information content (AvgIpc) is 2.36. The van der Waals surface area contributed by atoms with E-state index < -0.39 is 12.1 Å². The molecule has 0 saturated heterocycles. The zero-order valence-electron chi connectivity index (χ0n) is 10.7. The molecule has 2 aromatic rings. The third-order valence-corrected chi connectivity index (χ3v) is 3.36. The SMILES string of the molecule is O=C(O)C(Cc1cc(Cl)cc(Cl)c1)Oc1cccc(Cl)c1. The minimum absolute atomic E-state index is 0.141. The third-order valence-electron chi connectivity index (χ3n) is 2.69. The molecule has 2 aromatic carbocycles. The lowest BCUT2D eigenvalue weighted by atomic mass is 10.1. The van der Waals surface area contributed by atoms with Gasteiger partial charge in [-0.2, -0.15) is 0 Å². The topological polar surface area (TPSA) is 46.5 Å². The highest BCUT2D eigenvalue weighted by Gasteiger charge is 2.20. The number of carboxylic acid groups (broad SMARTS) is 1. The van der Waals surface area contributed by atoms with Gasteiger partial charge in [0.25, 0.3) is 0 Å². The standard InChI is InChI=1S/C15H11Cl3O3/c16-10-2-1-3-13(8-10)21-14(15(19)20)6-9-4-11(17)7-12(18)5-9/h1-5,7-8,14H,6H2,(H,19,20). The van der Waals surface area contributed by atoms with Gasteiger partial charge in [-0.1, -0.05) is 40.9 Å². The van der Waals surface area contributed by atoms with Gasteiger partial charge in [-0.15, -0.1) is 0 Å². The normalized spacial score (nSPS) is 12.0. The number of halogens is 3. The zero-order valence-corrected chi connectivity index (χ0v) is 13.0. The molecule has 0 amide bonds. The number of ether oxygens (including phenoxy) is 1. The average molecular weight is 346 g/mol. The van der Waals surface area contributed by atoms with Crippen LogP contribution in [0.15, 0.2) is 42.5 Å². The van der Waals surface area contributed by atoms with Crippen molar-refractivity contribution in [2.75, 3.05) is 0 Å². The van der Waals surface area contributed by atoms with Gasteiger partial charge in [0, 0.05) is 21.5 Å². The number of hydrogen-bond donors (Lipinski definition) is 1. The fourth-order valence-electron chi connectivity index (χ4n) is 1.83. The molecular formula is C15H11Cl3O3. The summed E-state index contributed by atoms with van der Waals surface area (Å²) in [6.07, 6.45) is -0.916. The van der Waals surface area contributed by atoms with E-state index in [1.54, 1.807) is 42.5 Å². The molecule has 0 bridgehead atoms. The molecule has 110 valence electrons. The predicted molar refractivity (Wildman–Crippen MR) is 83.7 cm³/mol.